The zero-order valence-electron chi connectivity index (χ0n) is 22.7. The van der Waals surface area contributed by atoms with E-state index in [0.29, 0.717) is 49.4 Å². The van der Waals surface area contributed by atoms with E-state index in [1.807, 2.05) is 24.3 Å². The van der Waals surface area contributed by atoms with Crippen molar-refractivity contribution >= 4 is 11.8 Å². The first-order valence-corrected chi connectivity index (χ1v) is 13.8. The minimum Gasteiger partial charge on any atom is -0.348 e. The van der Waals surface area contributed by atoms with Crippen molar-refractivity contribution in [3.05, 3.63) is 100 Å². The molecule has 0 atom stereocenters. The predicted octanol–water partition coefficient (Wildman–Crippen LogP) is 3.58. The van der Waals surface area contributed by atoms with Gasteiger partial charge in [0.15, 0.2) is 0 Å². The van der Waals surface area contributed by atoms with Crippen LogP contribution in [0, 0.1) is 23.0 Å². The van der Waals surface area contributed by atoms with Crippen molar-refractivity contribution in [2.45, 2.75) is 32.0 Å². The van der Waals surface area contributed by atoms with Crippen LogP contribution >= 0.6 is 0 Å². The number of aromatic nitrogens is 1. The third kappa shape index (κ3) is 7.51. The number of carbonyl (C=O) groups is 2. The summed E-state index contributed by atoms with van der Waals surface area (Å²) in [4.78, 5) is 36.2. The first-order valence-electron chi connectivity index (χ1n) is 13.8. The van der Waals surface area contributed by atoms with Crippen LogP contribution in [0.3, 0.4) is 0 Å². The topological polar surface area (TPSA) is 92.6 Å². The highest BCUT2D eigenvalue weighted by atomic mass is 19.1. The summed E-state index contributed by atoms with van der Waals surface area (Å²) in [5.74, 6) is -1.60. The number of nitrogens with zero attached hydrogens (tertiary/aromatic N) is 5. The van der Waals surface area contributed by atoms with Gasteiger partial charge in [-0.05, 0) is 60.4 Å². The predicted molar refractivity (Wildman–Crippen MR) is 149 cm³/mol. The zero-order chi connectivity index (χ0) is 28.8. The number of rotatable bonds is 7. The Kier molecular flexibility index (Phi) is 8.97. The summed E-state index contributed by atoms with van der Waals surface area (Å²) in [7, 11) is 0. The van der Waals surface area contributed by atoms with Crippen molar-refractivity contribution < 1.29 is 18.4 Å². The molecule has 2 aliphatic heterocycles. The van der Waals surface area contributed by atoms with E-state index in [-0.39, 0.29) is 23.6 Å². The van der Waals surface area contributed by atoms with Gasteiger partial charge in [-0.2, -0.15) is 5.26 Å². The molecule has 10 heteroatoms. The van der Waals surface area contributed by atoms with Crippen molar-refractivity contribution in [3.63, 3.8) is 0 Å². The summed E-state index contributed by atoms with van der Waals surface area (Å²) in [5, 5.41) is 12.0. The highest BCUT2D eigenvalue weighted by Crippen LogP contribution is 2.16. The number of amides is 2. The number of carbonyl (C=O) groups excluding carboxylic acids is 2. The summed E-state index contributed by atoms with van der Waals surface area (Å²) in [6.07, 6.45) is 3.11. The number of pyridine rings is 1. The Hall–Kier alpha value is -4.20. The number of nitriles is 1. The number of hydrogen-bond donors (Lipinski definition) is 1. The van der Waals surface area contributed by atoms with Gasteiger partial charge in [-0.25, -0.2) is 8.78 Å². The molecule has 212 valence electrons. The molecule has 2 aliphatic rings. The molecule has 41 heavy (non-hydrogen) atoms. The number of piperazine rings is 1. The molecule has 0 bridgehead atoms. The number of nitrogens with one attached hydrogen (secondary N) is 1. The minimum absolute atomic E-state index is 0.0583. The number of benzene rings is 2. The summed E-state index contributed by atoms with van der Waals surface area (Å²) in [5.41, 5.74) is 3.06. The van der Waals surface area contributed by atoms with Gasteiger partial charge in [0.2, 0.25) is 0 Å². The van der Waals surface area contributed by atoms with Gasteiger partial charge in [0.25, 0.3) is 11.8 Å². The van der Waals surface area contributed by atoms with Crippen LogP contribution in [0.2, 0.25) is 0 Å². The molecule has 3 aromatic rings. The van der Waals surface area contributed by atoms with Crippen molar-refractivity contribution in [1.82, 2.24) is 25.0 Å². The fraction of sp³-hybridized carbons (Fsp3) is 0.355. The molecule has 0 unspecified atom stereocenters. The van der Waals surface area contributed by atoms with Gasteiger partial charge in [0, 0.05) is 70.7 Å². The molecular formula is C31H32F2N6O2. The van der Waals surface area contributed by atoms with Crippen molar-refractivity contribution in [1.29, 1.82) is 5.26 Å². The maximum atomic E-state index is 13.5. The summed E-state index contributed by atoms with van der Waals surface area (Å²) in [6.45, 7) is 5.10. The van der Waals surface area contributed by atoms with E-state index in [2.05, 4.69) is 26.2 Å². The van der Waals surface area contributed by atoms with Gasteiger partial charge in [-0.3, -0.25) is 24.4 Å². The quantitative estimate of drug-likeness (QED) is 0.477. The molecule has 0 spiro atoms. The van der Waals surface area contributed by atoms with Crippen LogP contribution < -0.4 is 5.32 Å². The Balaban J connectivity index is 1.06. The van der Waals surface area contributed by atoms with E-state index in [9.17, 15) is 18.4 Å². The number of likely N-dealkylation sites (tertiary alicyclic amines) is 1. The van der Waals surface area contributed by atoms with Gasteiger partial charge in [-0.1, -0.05) is 12.1 Å². The molecule has 1 N–H and O–H groups in total. The fourth-order valence-electron chi connectivity index (χ4n) is 5.34. The Morgan fingerprint density at radius 1 is 0.854 bits per heavy atom. The monoisotopic (exact) mass is 558 g/mol. The Bertz CT molecular complexity index is 1390. The van der Waals surface area contributed by atoms with Crippen LogP contribution in [-0.2, 0) is 13.1 Å². The van der Waals surface area contributed by atoms with E-state index >= 15 is 0 Å². The largest absolute Gasteiger partial charge is 0.348 e. The summed E-state index contributed by atoms with van der Waals surface area (Å²) < 4.78 is 27.0. The van der Waals surface area contributed by atoms with E-state index in [4.69, 9.17) is 5.26 Å². The molecule has 2 fully saturated rings. The van der Waals surface area contributed by atoms with Crippen LogP contribution in [0.4, 0.5) is 8.78 Å². The smallest absolute Gasteiger partial charge is 0.270 e. The summed E-state index contributed by atoms with van der Waals surface area (Å²) in [6, 6.07) is 16.5. The van der Waals surface area contributed by atoms with Crippen molar-refractivity contribution in [2.75, 3.05) is 39.3 Å². The van der Waals surface area contributed by atoms with Crippen molar-refractivity contribution in [2.24, 2.45) is 0 Å². The maximum Gasteiger partial charge on any atom is 0.270 e. The molecule has 2 aromatic carbocycles. The molecule has 2 saturated heterocycles. The van der Waals surface area contributed by atoms with Gasteiger partial charge >= 0.3 is 0 Å². The highest BCUT2D eigenvalue weighted by Gasteiger charge is 2.24. The lowest BCUT2D eigenvalue weighted by Crippen LogP contribution is -2.48. The van der Waals surface area contributed by atoms with Gasteiger partial charge in [0.1, 0.15) is 17.3 Å². The second-order valence-electron chi connectivity index (χ2n) is 10.6. The lowest BCUT2D eigenvalue weighted by molar-refractivity contribution is 0.0627. The first kappa shape index (κ1) is 28.3. The van der Waals surface area contributed by atoms with Crippen LogP contribution in [0.1, 0.15) is 50.4 Å². The lowest BCUT2D eigenvalue weighted by Gasteiger charge is -2.34. The lowest BCUT2D eigenvalue weighted by atomic mass is 10.0. The average molecular weight is 559 g/mol. The second-order valence-corrected chi connectivity index (χ2v) is 10.6. The molecule has 0 radical (unpaired) electrons. The van der Waals surface area contributed by atoms with E-state index in [1.165, 1.54) is 18.3 Å². The Labute approximate surface area is 238 Å². The number of piperidine rings is 1. The number of halogens is 2. The van der Waals surface area contributed by atoms with Crippen LogP contribution in [0.5, 0.6) is 0 Å². The molecule has 5 rings (SSSR count). The summed E-state index contributed by atoms with van der Waals surface area (Å²) >= 11 is 0. The van der Waals surface area contributed by atoms with Gasteiger partial charge in [-0.15, -0.1) is 0 Å². The normalized spacial score (nSPS) is 16.8. The molecule has 0 saturated carbocycles. The average Bonchev–Trinajstić information content (AvgIpc) is 2.98. The third-order valence-electron chi connectivity index (χ3n) is 7.64. The van der Waals surface area contributed by atoms with Crippen LogP contribution in [0.25, 0.3) is 0 Å². The van der Waals surface area contributed by atoms with E-state index in [1.54, 1.807) is 17.0 Å². The van der Waals surface area contributed by atoms with Crippen molar-refractivity contribution in [3.8, 4) is 6.07 Å². The fourth-order valence-corrected chi connectivity index (χ4v) is 5.34. The maximum absolute atomic E-state index is 13.5. The van der Waals surface area contributed by atoms with Crippen LogP contribution in [0.15, 0.2) is 60.8 Å². The molecular weight excluding hydrogens is 526 g/mol. The second kappa shape index (κ2) is 13.0. The van der Waals surface area contributed by atoms with Gasteiger partial charge in [0.05, 0.1) is 17.2 Å². The minimum atomic E-state index is -0.597. The molecule has 8 nitrogen and oxygen atoms in total. The highest BCUT2D eigenvalue weighted by molar-refractivity contribution is 5.96. The van der Waals surface area contributed by atoms with E-state index in [0.717, 1.165) is 44.1 Å². The first-order chi connectivity index (χ1) is 19.9. The number of hydrogen-bond acceptors (Lipinski definition) is 6. The van der Waals surface area contributed by atoms with E-state index < -0.39 is 11.6 Å². The molecule has 1 aromatic heterocycles. The standard InChI is InChI=1S/C31H32F2N6O2/c32-26-15-24(16-27(33)17-26)21-38-11-13-39(14-12-38)31(41)25-5-6-29(35-19-25)30(40)36-28-7-9-37(10-8-28)20-23-3-1-22(18-34)2-4-23/h1-6,15-17,19,28H,7-14,20-21H2,(H,36,40). The molecule has 2 amide bonds. The Morgan fingerprint density at radius 2 is 1.49 bits per heavy atom. The zero-order valence-corrected chi connectivity index (χ0v) is 22.7. The molecule has 3 heterocycles. The Morgan fingerprint density at radius 3 is 2.10 bits per heavy atom. The molecule has 0 aliphatic carbocycles. The van der Waals surface area contributed by atoms with Crippen LogP contribution in [-0.4, -0.2) is 76.8 Å². The SMILES string of the molecule is N#Cc1ccc(CN2CCC(NC(=O)c3ccc(C(=O)N4CCN(Cc5cc(F)cc(F)c5)CC4)cn3)CC2)cc1. The van der Waals surface area contributed by atoms with Gasteiger partial charge < -0.3 is 10.2 Å². The third-order valence-corrected chi connectivity index (χ3v) is 7.64.